The Bertz CT molecular complexity index is 227. The number of primary amides is 1. The van der Waals surface area contributed by atoms with Gasteiger partial charge in [-0.25, -0.2) is 0 Å². The fraction of sp³-hybridized carbons (Fsp3) is 0.600. The number of amides is 1. The summed E-state index contributed by atoms with van der Waals surface area (Å²) in [5.74, 6) is -2.12. The summed E-state index contributed by atoms with van der Waals surface area (Å²) in [7, 11) is 0. The Morgan fingerprint density at radius 2 is 1.80 bits per heavy atom. The molecule has 0 aromatic heterocycles. The molecule has 1 amide bonds. The standard InChI is InChI=1S/C6H12N2O3.C4H6/c1-3(5(8)9)2-4(7)6(10)11;1-2-4-3-1/h3-4H,2,7H2,1H3,(H2,8,9)(H,10,11);1-2H,3-4H2. The lowest BCUT2D eigenvalue weighted by Gasteiger charge is -2.09. The van der Waals surface area contributed by atoms with Crippen LogP contribution in [0, 0.1) is 5.92 Å². The van der Waals surface area contributed by atoms with Crippen molar-refractivity contribution in [1.82, 2.24) is 0 Å². The molecule has 1 rings (SSSR count). The molecule has 0 saturated heterocycles. The first kappa shape index (κ1) is 13.6. The van der Waals surface area contributed by atoms with Crippen LogP contribution in [0.4, 0.5) is 0 Å². The van der Waals surface area contributed by atoms with Crippen molar-refractivity contribution in [2.24, 2.45) is 17.4 Å². The smallest absolute Gasteiger partial charge is 0.320 e. The van der Waals surface area contributed by atoms with E-state index in [4.69, 9.17) is 16.6 Å². The lowest BCUT2D eigenvalue weighted by Crippen LogP contribution is -2.35. The van der Waals surface area contributed by atoms with E-state index >= 15 is 0 Å². The summed E-state index contributed by atoms with van der Waals surface area (Å²) in [5.41, 5.74) is 10.0. The average Bonchev–Trinajstić information content (AvgIpc) is 2.00. The molecule has 0 aromatic rings. The molecule has 0 saturated carbocycles. The number of aliphatic carboxylic acids is 1. The van der Waals surface area contributed by atoms with Gasteiger partial charge in [0.1, 0.15) is 6.04 Å². The van der Waals surface area contributed by atoms with Crippen LogP contribution in [-0.2, 0) is 9.59 Å². The summed E-state index contributed by atoms with van der Waals surface area (Å²) in [5, 5.41) is 8.34. The van der Waals surface area contributed by atoms with Gasteiger partial charge >= 0.3 is 5.97 Å². The van der Waals surface area contributed by atoms with Crippen LogP contribution < -0.4 is 11.5 Å². The first-order chi connectivity index (χ1) is 6.95. The summed E-state index contributed by atoms with van der Waals surface area (Å²) >= 11 is 0. The maximum Gasteiger partial charge on any atom is 0.320 e. The molecule has 1 aliphatic carbocycles. The van der Waals surface area contributed by atoms with Gasteiger partial charge in [0.25, 0.3) is 0 Å². The number of rotatable bonds is 4. The molecular formula is C10H18N2O3. The Balaban J connectivity index is 0.000000401. The Hall–Kier alpha value is -1.36. The van der Waals surface area contributed by atoms with Gasteiger partial charge in [-0.3, -0.25) is 9.59 Å². The van der Waals surface area contributed by atoms with E-state index in [0.717, 1.165) is 0 Å². The van der Waals surface area contributed by atoms with Crippen LogP contribution in [0.25, 0.3) is 0 Å². The van der Waals surface area contributed by atoms with Crippen LogP contribution in [0.1, 0.15) is 26.2 Å². The van der Waals surface area contributed by atoms with Crippen molar-refractivity contribution in [2.75, 3.05) is 0 Å². The number of allylic oxidation sites excluding steroid dienone is 2. The fourth-order valence-corrected chi connectivity index (χ4v) is 0.765. The van der Waals surface area contributed by atoms with Gasteiger partial charge in [0.2, 0.25) is 5.91 Å². The normalized spacial score (nSPS) is 16.7. The molecule has 2 atom stereocenters. The minimum absolute atomic E-state index is 0.0880. The second-order valence-electron chi connectivity index (χ2n) is 3.53. The summed E-state index contributed by atoms with van der Waals surface area (Å²) in [4.78, 5) is 20.6. The van der Waals surface area contributed by atoms with Crippen molar-refractivity contribution >= 4 is 11.9 Å². The van der Waals surface area contributed by atoms with E-state index in [1.54, 1.807) is 6.92 Å². The number of carboxylic acid groups (broad SMARTS) is 1. The molecule has 0 fully saturated rings. The van der Waals surface area contributed by atoms with Crippen molar-refractivity contribution in [1.29, 1.82) is 0 Å². The van der Waals surface area contributed by atoms with E-state index in [2.05, 4.69) is 12.2 Å². The maximum atomic E-state index is 10.4. The largest absolute Gasteiger partial charge is 0.480 e. The molecule has 1 aliphatic rings. The minimum Gasteiger partial charge on any atom is -0.480 e. The molecule has 5 N–H and O–H groups in total. The first-order valence-corrected chi connectivity index (χ1v) is 4.87. The predicted molar refractivity (Wildman–Crippen MR) is 57.0 cm³/mol. The van der Waals surface area contributed by atoms with Gasteiger partial charge in [-0.2, -0.15) is 0 Å². The third kappa shape index (κ3) is 6.68. The van der Waals surface area contributed by atoms with Crippen molar-refractivity contribution in [3.63, 3.8) is 0 Å². The number of hydrogen-bond acceptors (Lipinski definition) is 3. The van der Waals surface area contributed by atoms with Crippen molar-refractivity contribution in [3.8, 4) is 0 Å². The zero-order valence-electron chi connectivity index (χ0n) is 8.85. The lowest BCUT2D eigenvalue weighted by atomic mass is 10.0. The Morgan fingerprint density at radius 3 is 2.00 bits per heavy atom. The molecule has 5 heteroatoms. The monoisotopic (exact) mass is 214 g/mol. The highest BCUT2D eigenvalue weighted by atomic mass is 16.4. The SMILES string of the molecule is C1=CCC1.CC(CC(N)C(=O)O)C(N)=O. The zero-order valence-corrected chi connectivity index (χ0v) is 8.85. The van der Waals surface area contributed by atoms with E-state index < -0.39 is 23.8 Å². The summed E-state index contributed by atoms with van der Waals surface area (Å²) in [6.07, 6.45) is 7.09. The van der Waals surface area contributed by atoms with Gasteiger partial charge in [-0.05, 0) is 19.3 Å². The molecule has 0 heterocycles. The third-order valence-electron chi connectivity index (χ3n) is 2.08. The van der Waals surface area contributed by atoms with Gasteiger partial charge in [-0.1, -0.05) is 19.1 Å². The summed E-state index contributed by atoms with van der Waals surface area (Å²) in [6.45, 7) is 1.55. The zero-order chi connectivity index (χ0) is 11.8. The Kier molecular flexibility index (Phi) is 6.37. The fourth-order valence-electron chi connectivity index (χ4n) is 0.765. The molecule has 15 heavy (non-hydrogen) atoms. The van der Waals surface area contributed by atoms with Crippen LogP contribution in [0.15, 0.2) is 12.2 Å². The molecule has 0 aromatic carbocycles. The van der Waals surface area contributed by atoms with Crippen LogP contribution in [0.3, 0.4) is 0 Å². The molecule has 0 spiro atoms. The van der Waals surface area contributed by atoms with Gasteiger partial charge in [-0.15, -0.1) is 0 Å². The highest BCUT2D eigenvalue weighted by Gasteiger charge is 2.18. The third-order valence-corrected chi connectivity index (χ3v) is 2.08. The van der Waals surface area contributed by atoms with Crippen LogP contribution >= 0.6 is 0 Å². The summed E-state index contributed by atoms with van der Waals surface area (Å²) < 4.78 is 0. The number of carbonyl (C=O) groups is 2. The molecule has 5 nitrogen and oxygen atoms in total. The van der Waals surface area contributed by atoms with Crippen molar-refractivity contribution < 1.29 is 14.7 Å². The van der Waals surface area contributed by atoms with Crippen LogP contribution in [0.5, 0.6) is 0 Å². The van der Waals surface area contributed by atoms with Gasteiger partial charge in [0.05, 0.1) is 0 Å². The minimum atomic E-state index is -1.11. The quantitative estimate of drug-likeness (QED) is 0.583. The van der Waals surface area contributed by atoms with Crippen LogP contribution in [-0.4, -0.2) is 23.0 Å². The van der Waals surface area contributed by atoms with E-state index in [-0.39, 0.29) is 6.42 Å². The van der Waals surface area contributed by atoms with E-state index in [0.29, 0.717) is 0 Å². The average molecular weight is 214 g/mol. The van der Waals surface area contributed by atoms with E-state index in [1.165, 1.54) is 12.8 Å². The van der Waals surface area contributed by atoms with Gasteiger partial charge in [0.15, 0.2) is 0 Å². The van der Waals surface area contributed by atoms with E-state index in [9.17, 15) is 9.59 Å². The second-order valence-corrected chi connectivity index (χ2v) is 3.53. The molecule has 86 valence electrons. The second kappa shape index (κ2) is 7.00. The van der Waals surface area contributed by atoms with Gasteiger partial charge < -0.3 is 16.6 Å². The van der Waals surface area contributed by atoms with Gasteiger partial charge in [0, 0.05) is 5.92 Å². The highest BCUT2D eigenvalue weighted by molar-refractivity contribution is 5.78. The molecule has 2 unspecified atom stereocenters. The lowest BCUT2D eigenvalue weighted by molar-refractivity contribution is -0.139. The predicted octanol–water partition coefficient (Wildman–Crippen LogP) is 0.246. The topological polar surface area (TPSA) is 106 Å². The van der Waals surface area contributed by atoms with Crippen molar-refractivity contribution in [3.05, 3.63) is 12.2 Å². The molecule has 0 bridgehead atoms. The number of hydrogen-bond donors (Lipinski definition) is 3. The Labute approximate surface area is 89.1 Å². The summed E-state index contributed by atoms with van der Waals surface area (Å²) in [6, 6.07) is -1.00. The first-order valence-electron chi connectivity index (χ1n) is 4.87. The molecular weight excluding hydrogens is 196 g/mol. The number of carbonyl (C=O) groups excluding carboxylic acids is 1. The molecule has 0 radical (unpaired) electrons. The number of nitrogens with two attached hydrogens (primary N) is 2. The Morgan fingerprint density at radius 1 is 1.40 bits per heavy atom. The van der Waals surface area contributed by atoms with Crippen molar-refractivity contribution in [2.45, 2.75) is 32.2 Å². The molecule has 0 aliphatic heterocycles. The highest BCUT2D eigenvalue weighted by Crippen LogP contribution is 2.03. The van der Waals surface area contributed by atoms with Crippen LogP contribution in [0.2, 0.25) is 0 Å². The maximum absolute atomic E-state index is 10.4. The van der Waals surface area contributed by atoms with E-state index in [1.807, 2.05) is 0 Å². The number of carboxylic acids is 1.